The molecule has 0 aliphatic carbocycles. The largest absolute Gasteiger partial charge is 0.288 e. The summed E-state index contributed by atoms with van der Waals surface area (Å²) in [4.78, 5) is 1.15. The lowest BCUT2D eigenvalue weighted by Crippen LogP contribution is -1.99. The highest BCUT2D eigenvalue weighted by Crippen LogP contribution is 2.15. The molecule has 3 nitrogen and oxygen atoms in total. The van der Waals surface area contributed by atoms with Crippen molar-refractivity contribution in [2.75, 3.05) is 6.26 Å². The van der Waals surface area contributed by atoms with E-state index in [2.05, 4.69) is 3.77 Å². The van der Waals surface area contributed by atoms with E-state index in [4.69, 9.17) is 0 Å². The van der Waals surface area contributed by atoms with Crippen LogP contribution in [0.1, 0.15) is 0 Å². The van der Waals surface area contributed by atoms with E-state index < -0.39 is 20.7 Å². The molecule has 0 fully saturated rings. The number of benzene rings is 2. The summed E-state index contributed by atoms with van der Waals surface area (Å²) >= 11 is 0. The Kier molecular flexibility index (Phi) is 3.93. The zero-order chi connectivity index (χ0) is 13.0. The number of rotatable bonds is 3. The Bertz CT molecular complexity index is 650. The van der Waals surface area contributed by atoms with E-state index in [0.717, 1.165) is 4.90 Å². The maximum Gasteiger partial charge on any atom is 0.288 e. The van der Waals surface area contributed by atoms with Gasteiger partial charge in [-0.05, 0) is 30.5 Å². The van der Waals surface area contributed by atoms with Gasteiger partial charge in [0.2, 0.25) is 0 Å². The minimum absolute atomic E-state index is 0.236. The standard InChI is InChI=1S/C13H13NO2S2/c1-17(12-8-4-2-5-9-12)14-18(15,16)13-10-6-3-7-11-13/h2-11H,1H3. The lowest BCUT2D eigenvalue weighted by atomic mass is 10.4. The van der Waals surface area contributed by atoms with Crippen LogP contribution in [0.5, 0.6) is 0 Å². The van der Waals surface area contributed by atoms with Gasteiger partial charge in [0.25, 0.3) is 10.0 Å². The Hall–Kier alpha value is -1.46. The quantitative estimate of drug-likeness (QED) is 0.867. The molecule has 2 rings (SSSR count). The zero-order valence-corrected chi connectivity index (χ0v) is 11.5. The molecule has 0 aliphatic heterocycles. The fraction of sp³-hybridized carbons (Fsp3) is 0.0769. The van der Waals surface area contributed by atoms with Crippen LogP contribution in [0.4, 0.5) is 0 Å². The van der Waals surface area contributed by atoms with Crippen molar-refractivity contribution in [1.82, 2.24) is 0 Å². The summed E-state index contributed by atoms with van der Waals surface area (Å²) in [6.07, 6.45) is 1.80. The van der Waals surface area contributed by atoms with Crippen LogP contribution in [0.2, 0.25) is 0 Å². The number of hydrogen-bond donors (Lipinski definition) is 0. The second kappa shape index (κ2) is 5.46. The molecule has 18 heavy (non-hydrogen) atoms. The molecule has 1 atom stereocenters. The van der Waals surface area contributed by atoms with Crippen molar-refractivity contribution in [3.63, 3.8) is 0 Å². The molecule has 94 valence electrons. The third-order valence-corrected chi connectivity index (χ3v) is 5.84. The van der Waals surface area contributed by atoms with Gasteiger partial charge in [-0.15, -0.1) is 3.77 Å². The molecular formula is C13H13NO2S2. The van der Waals surface area contributed by atoms with Gasteiger partial charge < -0.3 is 0 Å². The van der Waals surface area contributed by atoms with E-state index in [0.29, 0.717) is 0 Å². The van der Waals surface area contributed by atoms with Gasteiger partial charge in [-0.1, -0.05) is 47.1 Å². The molecule has 5 heteroatoms. The molecule has 0 N–H and O–H groups in total. The molecule has 0 saturated heterocycles. The topological polar surface area (TPSA) is 46.5 Å². The minimum atomic E-state index is -3.57. The van der Waals surface area contributed by atoms with Gasteiger partial charge in [-0.25, -0.2) is 0 Å². The predicted molar refractivity (Wildman–Crippen MR) is 74.1 cm³/mol. The molecule has 0 bridgehead atoms. The van der Waals surface area contributed by atoms with E-state index in [1.165, 1.54) is 0 Å². The normalized spacial score (nSPS) is 13.4. The third kappa shape index (κ3) is 3.05. The molecule has 0 heterocycles. The van der Waals surface area contributed by atoms with Gasteiger partial charge in [0.05, 0.1) is 4.90 Å². The lowest BCUT2D eigenvalue weighted by molar-refractivity contribution is 0.598. The first-order chi connectivity index (χ1) is 8.59. The molecule has 2 aromatic rings. The SMILES string of the molecule is CS(=NS(=O)(=O)c1ccccc1)c1ccccc1. The molecule has 2 aromatic carbocycles. The molecule has 0 radical (unpaired) electrons. The maximum absolute atomic E-state index is 12.1. The first-order valence-electron chi connectivity index (χ1n) is 5.34. The fourth-order valence-corrected chi connectivity index (χ4v) is 4.36. The molecular weight excluding hydrogens is 266 g/mol. The van der Waals surface area contributed by atoms with E-state index in [1.54, 1.807) is 36.6 Å². The summed E-state index contributed by atoms with van der Waals surface area (Å²) < 4.78 is 28.1. The van der Waals surface area contributed by atoms with Gasteiger partial charge in [0.1, 0.15) is 0 Å². The smallest absolute Gasteiger partial charge is 0.199 e. The predicted octanol–water partition coefficient (Wildman–Crippen LogP) is 2.87. The minimum Gasteiger partial charge on any atom is -0.199 e. The van der Waals surface area contributed by atoms with Crippen molar-refractivity contribution in [1.29, 1.82) is 0 Å². The van der Waals surface area contributed by atoms with Crippen LogP contribution in [0.3, 0.4) is 0 Å². The highest BCUT2D eigenvalue weighted by Gasteiger charge is 2.12. The van der Waals surface area contributed by atoms with E-state index in [-0.39, 0.29) is 4.90 Å². The highest BCUT2D eigenvalue weighted by atomic mass is 32.3. The Morgan fingerprint density at radius 1 is 0.889 bits per heavy atom. The summed E-state index contributed by atoms with van der Waals surface area (Å²) in [6.45, 7) is 0. The molecule has 0 saturated carbocycles. The third-order valence-electron chi connectivity index (χ3n) is 2.34. The summed E-state index contributed by atoms with van der Waals surface area (Å²) in [5, 5.41) is 0. The Morgan fingerprint density at radius 2 is 1.39 bits per heavy atom. The van der Waals surface area contributed by atoms with Gasteiger partial charge in [0.15, 0.2) is 0 Å². The van der Waals surface area contributed by atoms with Crippen LogP contribution < -0.4 is 0 Å². The summed E-state index contributed by atoms with van der Waals surface area (Å²) in [7, 11) is -4.24. The highest BCUT2D eigenvalue weighted by molar-refractivity contribution is 7.99. The monoisotopic (exact) mass is 279 g/mol. The van der Waals surface area contributed by atoms with Crippen molar-refractivity contribution in [3.8, 4) is 0 Å². The molecule has 0 amide bonds. The lowest BCUT2D eigenvalue weighted by Gasteiger charge is -2.03. The van der Waals surface area contributed by atoms with Gasteiger partial charge in [-0.2, -0.15) is 8.42 Å². The van der Waals surface area contributed by atoms with Crippen molar-refractivity contribution < 1.29 is 8.42 Å². The van der Waals surface area contributed by atoms with Crippen molar-refractivity contribution >= 4 is 20.7 Å². The van der Waals surface area contributed by atoms with Crippen molar-refractivity contribution in [2.45, 2.75) is 9.79 Å². The molecule has 0 spiro atoms. The summed E-state index contributed by atoms with van der Waals surface area (Å²) in [5.41, 5.74) is 0. The van der Waals surface area contributed by atoms with Crippen LogP contribution in [-0.2, 0) is 20.7 Å². The first kappa shape index (κ1) is 13.0. The molecule has 1 unspecified atom stereocenters. The van der Waals surface area contributed by atoms with Gasteiger partial charge in [0, 0.05) is 4.90 Å². The second-order valence-corrected chi connectivity index (χ2v) is 7.10. The van der Waals surface area contributed by atoms with Crippen LogP contribution in [-0.4, -0.2) is 14.7 Å². The Labute approximate surface area is 110 Å². The Morgan fingerprint density at radius 3 is 1.94 bits per heavy atom. The summed E-state index contributed by atoms with van der Waals surface area (Å²) in [5.74, 6) is 0. The average molecular weight is 279 g/mol. The second-order valence-electron chi connectivity index (χ2n) is 3.65. The van der Waals surface area contributed by atoms with E-state index >= 15 is 0 Å². The Balaban J connectivity index is 2.39. The van der Waals surface area contributed by atoms with Gasteiger partial charge >= 0.3 is 0 Å². The first-order valence-corrected chi connectivity index (χ1v) is 8.37. The van der Waals surface area contributed by atoms with E-state index in [9.17, 15) is 8.42 Å². The van der Waals surface area contributed by atoms with Crippen molar-refractivity contribution in [2.24, 2.45) is 3.77 Å². The number of nitrogens with zero attached hydrogens (tertiary/aromatic N) is 1. The van der Waals surface area contributed by atoms with Crippen LogP contribution in [0.15, 0.2) is 74.2 Å². The average Bonchev–Trinajstić information content (AvgIpc) is 2.40. The van der Waals surface area contributed by atoms with E-state index in [1.807, 2.05) is 30.3 Å². The van der Waals surface area contributed by atoms with Crippen LogP contribution in [0.25, 0.3) is 0 Å². The van der Waals surface area contributed by atoms with Gasteiger partial charge in [-0.3, -0.25) is 0 Å². The zero-order valence-electron chi connectivity index (χ0n) is 9.85. The summed E-state index contributed by atoms with van der Waals surface area (Å²) in [6, 6.07) is 17.7. The molecule has 0 aromatic heterocycles. The van der Waals surface area contributed by atoms with Crippen LogP contribution >= 0.6 is 0 Å². The van der Waals surface area contributed by atoms with Crippen LogP contribution in [0, 0.1) is 0 Å². The fourth-order valence-electron chi connectivity index (χ4n) is 1.44. The number of sulfonamides is 1. The van der Waals surface area contributed by atoms with Crippen molar-refractivity contribution in [3.05, 3.63) is 60.7 Å². The number of hydrogen-bond acceptors (Lipinski definition) is 2. The maximum atomic E-state index is 12.1. The molecule has 0 aliphatic rings.